The monoisotopic (exact) mass is 451 g/mol. The summed E-state index contributed by atoms with van der Waals surface area (Å²) >= 11 is 6.99. The van der Waals surface area contributed by atoms with Crippen LogP contribution in [0.4, 0.5) is 0 Å². The molecule has 0 unspecified atom stereocenters. The van der Waals surface area contributed by atoms with Gasteiger partial charge >= 0.3 is 4.87 Å². The molecule has 0 atom stereocenters. The highest BCUT2D eigenvalue weighted by atomic mass is 35.5. The van der Waals surface area contributed by atoms with E-state index >= 15 is 0 Å². The summed E-state index contributed by atoms with van der Waals surface area (Å²) in [6.07, 6.45) is 1.59. The lowest BCUT2D eigenvalue weighted by atomic mass is 10.1. The van der Waals surface area contributed by atoms with Crippen LogP contribution in [0.2, 0.25) is 5.02 Å². The van der Waals surface area contributed by atoms with E-state index in [1.165, 1.54) is 0 Å². The first kappa shape index (κ1) is 20.6. The molecule has 0 saturated carbocycles. The van der Waals surface area contributed by atoms with Crippen molar-refractivity contribution >= 4 is 43.2 Å². The molecule has 1 aliphatic rings. The molecule has 0 bridgehead atoms. The average molecular weight is 452 g/mol. The maximum Gasteiger partial charge on any atom is 0.308 e. The number of piperidine rings is 1. The van der Waals surface area contributed by atoms with Crippen LogP contribution in [0, 0.1) is 0 Å². The molecule has 4 rings (SSSR count). The van der Waals surface area contributed by atoms with E-state index in [9.17, 15) is 13.2 Å². The number of halogens is 1. The van der Waals surface area contributed by atoms with Crippen molar-refractivity contribution in [3.8, 4) is 0 Å². The van der Waals surface area contributed by atoms with E-state index in [-0.39, 0.29) is 15.8 Å². The second-order valence-electron chi connectivity index (χ2n) is 7.41. The van der Waals surface area contributed by atoms with Gasteiger partial charge in [0.15, 0.2) is 0 Å². The molecule has 2 aromatic carbocycles. The van der Waals surface area contributed by atoms with Gasteiger partial charge in [-0.25, -0.2) is 13.1 Å². The molecule has 2 heterocycles. The SMILES string of the molecule is CN1CCC(NS(=O)(=O)c2ccc3c(c2)sc(=O)n3Cc2ccc(Cl)cc2)CC1. The third-order valence-corrected chi connectivity index (χ3v) is 7.96. The number of benzene rings is 2. The third kappa shape index (κ3) is 4.57. The summed E-state index contributed by atoms with van der Waals surface area (Å²) in [4.78, 5) is 14.8. The molecule has 29 heavy (non-hydrogen) atoms. The number of sulfonamides is 1. The highest BCUT2D eigenvalue weighted by Crippen LogP contribution is 2.23. The molecule has 0 aliphatic carbocycles. The number of nitrogens with zero attached hydrogens (tertiary/aromatic N) is 2. The first-order valence-electron chi connectivity index (χ1n) is 9.40. The van der Waals surface area contributed by atoms with Crippen molar-refractivity contribution in [2.45, 2.75) is 30.3 Å². The fourth-order valence-corrected chi connectivity index (χ4v) is 6.01. The van der Waals surface area contributed by atoms with E-state index in [2.05, 4.69) is 9.62 Å². The summed E-state index contributed by atoms with van der Waals surface area (Å²) in [5.41, 5.74) is 1.69. The standard InChI is InChI=1S/C20H22ClN3O3S2/c1-23-10-8-16(9-11-23)22-29(26,27)17-6-7-18-19(12-17)28-20(25)24(18)13-14-2-4-15(21)5-3-14/h2-7,12,16,22H,8-11,13H2,1H3. The van der Waals surface area contributed by atoms with Crippen LogP contribution >= 0.6 is 22.9 Å². The minimum Gasteiger partial charge on any atom is -0.306 e. The first-order chi connectivity index (χ1) is 13.8. The molecule has 0 amide bonds. The largest absolute Gasteiger partial charge is 0.308 e. The van der Waals surface area contributed by atoms with E-state index in [1.807, 2.05) is 19.2 Å². The Morgan fingerprint density at radius 2 is 1.83 bits per heavy atom. The first-order valence-corrected chi connectivity index (χ1v) is 12.1. The average Bonchev–Trinajstić information content (AvgIpc) is 3.00. The summed E-state index contributed by atoms with van der Waals surface area (Å²) < 4.78 is 30.8. The Kier molecular flexibility index (Phi) is 5.81. The quantitative estimate of drug-likeness (QED) is 0.646. The number of likely N-dealkylation sites (tertiary alicyclic amines) is 1. The Morgan fingerprint density at radius 3 is 2.52 bits per heavy atom. The molecule has 3 aromatic rings. The van der Waals surface area contributed by atoms with Gasteiger partial charge in [0.1, 0.15) is 0 Å². The lowest BCUT2D eigenvalue weighted by molar-refractivity contribution is 0.248. The van der Waals surface area contributed by atoms with Crippen molar-refractivity contribution in [1.29, 1.82) is 0 Å². The van der Waals surface area contributed by atoms with Crippen molar-refractivity contribution in [2.75, 3.05) is 20.1 Å². The van der Waals surface area contributed by atoms with E-state index in [4.69, 9.17) is 11.6 Å². The molecular formula is C20H22ClN3O3S2. The predicted molar refractivity (Wildman–Crippen MR) is 117 cm³/mol. The topological polar surface area (TPSA) is 71.4 Å². The number of thiazole rings is 1. The molecule has 1 fully saturated rings. The summed E-state index contributed by atoms with van der Waals surface area (Å²) in [6.45, 7) is 2.17. The fourth-order valence-electron chi connectivity index (χ4n) is 3.55. The highest BCUT2D eigenvalue weighted by Gasteiger charge is 2.24. The molecule has 1 aliphatic heterocycles. The van der Waals surface area contributed by atoms with Gasteiger partial charge in [-0.2, -0.15) is 0 Å². The van der Waals surface area contributed by atoms with E-state index in [0.717, 1.165) is 48.3 Å². The number of rotatable bonds is 5. The Bertz CT molecular complexity index is 1180. The number of nitrogens with one attached hydrogen (secondary N) is 1. The zero-order chi connectivity index (χ0) is 20.6. The van der Waals surface area contributed by atoms with Gasteiger partial charge in [-0.1, -0.05) is 35.1 Å². The number of hydrogen-bond donors (Lipinski definition) is 1. The zero-order valence-corrected chi connectivity index (χ0v) is 18.4. The highest BCUT2D eigenvalue weighted by molar-refractivity contribution is 7.89. The van der Waals surface area contributed by atoms with E-state index in [0.29, 0.717) is 16.3 Å². The van der Waals surface area contributed by atoms with Crippen LogP contribution in [0.3, 0.4) is 0 Å². The van der Waals surface area contributed by atoms with Crippen LogP contribution in [0.25, 0.3) is 10.2 Å². The van der Waals surface area contributed by atoms with Crippen LogP contribution in [0.5, 0.6) is 0 Å². The van der Waals surface area contributed by atoms with Gasteiger partial charge in [-0.3, -0.25) is 9.36 Å². The molecule has 0 radical (unpaired) electrons. The van der Waals surface area contributed by atoms with E-state index < -0.39 is 10.0 Å². The molecule has 0 spiro atoms. The number of hydrogen-bond acceptors (Lipinski definition) is 5. The van der Waals surface area contributed by atoms with Crippen LogP contribution < -0.4 is 9.60 Å². The summed E-state index contributed by atoms with van der Waals surface area (Å²) in [5.74, 6) is 0. The van der Waals surface area contributed by atoms with E-state index in [1.54, 1.807) is 34.9 Å². The molecule has 1 saturated heterocycles. The van der Waals surface area contributed by atoms with Crippen molar-refractivity contribution in [3.63, 3.8) is 0 Å². The maximum absolute atomic E-state index is 12.8. The summed E-state index contributed by atoms with van der Waals surface area (Å²) in [7, 11) is -1.59. The van der Waals surface area contributed by atoms with Gasteiger partial charge < -0.3 is 4.90 Å². The van der Waals surface area contributed by atoms with Crippen molar-refractivity contribution in [3.05, 3.63) is 62.7 Å². The third-order valence-electron chi connectivity index (χ3n) is 5.24. The summed E-state index contributed by atoms with van der Waals surface area (Å²) in [5, 5.41) is 0.642. The molecule has 9 heteroatoms. The number of fused-ring (bicyclic) bond motifs is 1. The molecule has 1 N–H and O–H groups in total. The molecular weight excluding hydrogens is 430 g/mol. The Balaban J connectivity index is 1.60. The van der Waals surface area contributed by atoms with Crippen LogP contribution in [0.15, 0.2) is 52.2 Å². The zero-order valence-electron chi connectivity index (χ0n) is 16.0. The van der Waals surface area contributed by atoms with Crippen molar-refractivity contribution in [2.24, 2.45) is 0 Å². The molecule has 6 nitrogen and oxygen atoms in total. The minimum absolute atomic E-state index is 0.0554. The van der Waals surface area contributed by atoms with Gasteiger partial charge in [0.2, 0.25) is 10.0 Å². The van der Waals surface area contributed by atoms with Gasteiger partial charge in [0, 0.05) is 11.1 Å². The molecule has 154 valence electrons. The Labute approximate surface area is 178 Å². The van der Waals surface area contributed by atoms with Gasteiger partial charge in [0.25, 0.3) is 0 Å². The Hall–Kier alpha value is -1.71. The number of aromatic nitrogens is 1. The minimum atomic E-state index is -3.62. The van der Waals surface area contributed by atoms with Crippen molar-refractivity contribution in [1.82, 2.24) is 14.2 Å². The Morgan fingerprint density at radius 1 is 1.14 bits per heavy atom. The second kappa shape index (κ2) is 8.20. The summed E-state index contributed by atoms with van der Waals surface area (Å²) in [6, 6.07) is 12.2. The van der Waals surface area contributed by atoms with Gasteiger partial charge in [-0.05, 0) is 68.9 Å². The fraction of sp³-hybridized carbons (Fsp3) is 0.350. The predicted octanol–water partition coefficient (Wildman–Crippen LogP) is 3.14. The smallest absolute Gasteiger partial charge is 0.306 e. The van der Waals surface area contributed by atoms with Gasteiger partial charge in [-0.15, -0.1) is 0 Å². The maximum atomic E-state index is 12.8. The molecule has 1 aromatic heterocycles. The normalized spacial score (nSPS) is 16.5. The van der Waals surface area contributed by atoms with Crippen LogP contribution in [-0.4, -0.2) is 44.1 Å². The lowest BCUT2D eigenvalue weighted by Gasteiger charge is -2.29. The van der Waals surface area contributed by atoms with Crippen molar-refractivity contribution < 1.29 is 8.42 Å². The van der Waals surface area contributed by atoms with Gasteiger partial charge in [0.05, 0.1) is 21.7 Å². The van der Waals surface area contributed by atoms with Crippen LogP contribution in [-0.2, 0) is 16.6 Å². The second-order valence-corrected chi connectivity index (χ2v) is 10.6. The lowest BCUT2D eigenvalue weighted by Crippen LogP contribution is -2.43. The van der Waals surface area contributed by atoms with Crippen LogP contribution in [0.1, 0.15) is 18.4 Å².